The van der Waals surface area contributed by atoms with Crippen molar-refractivity contribution in [2.24, 2.45) is 17.1 Å². The summed E-state index contributed by atoms with van der Waals surface area (Å²) in [6.45, 7) is 5.80. The predicted molar refractivity (Wildman–Crippen MR) is 123 cm³/mol. The molecule has 0 amide bonds. The Hall–Kier alpha value is -1.40. The van der Waals surface area contributed by atoms with Crippen LogP contribution < -0.4 is 10.6 Å². The number of rotatable bonds is 4. The largest absolute Gasteiger partial charge is 0.390 e. The third-order valence-electron chi connectivity index (χ3n) is 7.18. The summed E-state index contributed by atoms with van der Waals surface area (Å²) >= 11 is 12.6. The van der Waals surface area contributed by atoms with Crippen molar-refractivity contribution < 1.29 is 5.11 Å². The topological polar surface area (TPSA) is 75.3 Å². The first kappa shape index (κ1) is 21.8. The van der Waals surface area contributed by atoms with Crippen LogP contribution in [-0.4, -0.2) is 34.2 Å². The molecule has 4 rings (SSSR count). The van der Waals surface area contributed by atoms with E-state index in [1.807, 2.05) is 19.1 Å². The van der Waals surface area contributed by atoms with Crippen LogP contribution in [0.25, 0.3) is 11.3 Å². The number of hydrogen-bond acceptors (Lipinski definition) is 5. The second-order valence-electron chi connectivity index (χ2n) is 8.86. The van der Waals surface area contributed by atoms with Gasteiger partial charge in [0.2, 0.25) is 0 Å². The number of aliphatic hydroxyl groups is 1. The highest BCUT2D eigenvalue weighted by molar-refractivity contribution is 6.43. The molecule has 1 saturated carbocycles. The molecule has 1 spiro atoms. The van der Waals surface area contributed by atoms with Gasteiger partial charge in [-0.15, -0.1) is 0 Å². The van der Waals surface area contributed by atoms with E-state index in [1.54, 1.807) is 6.07 Å². The van der Waals surface area contributed by atoms with Crippen LogP contribution in [0, 0.1) is 18.3 Å². The van der Waals surface area contributed by atoms with Crippen molar-refractivity contribution in [2.45, 2.75) is 58.6 Å². The predicted octanol–water partition coefficient (Wildman–Crippen LogP) is 4.99. The van der Waals surface area contributed by atoms with Crippen LogP contribution in [0.15, 0.2) is 18.2 Å². The Morgan fingerprint density at radius 2 is 1.97 bits per heavy atom. The second-order valence-corrected chi connectivity index (χ2v) is 9.64. The summed E-state index contributed by atoms with van der Waals surface area (Å²) in [6.07, 6.45) is 5.73. The zero-order valence-electron chi connectivity index (χ0n) is 17.7. The Kier molecular flexibility index (Phi) is 6.27. The average molecular weight is 449 g/mol. The average Bonchev–Trinajstić information content (AvgIpc) is 3.06. The van der Waals surface area contributed by atoms with Gasteiger partial charge in [0.05, 0.1) is 28.0 Å². The molecular weight excluding hydrogens is 419 g/mol. The van der Waals surface area contributed by atoms with E-state index in [4.69, 9.17) is 38.9 Å². The molecule has 30 heavy (non-hydrogen) atoms. The zero-order valence-corrected chi connectivity index (χ0v) is 19.2. The number of anilines is 1. The van der Waals surface area contributed by atoms with Crippen LogP contribution in [0.1, 0.15) is 50.4 Å². The summed E-state index contributed by atoms with van der Waals surface area (Å²) in [4.78, 5) is 11.9. The molecule has 2 atom stereocenters. The summed E-state index contributed by atoms with van der Waals surface area (Å²) in [6, 6.07) is 5.76. The Morgan fingerprint density at radius 3 is 2.60 bits per heavy atom. The van der Waals surface area contributed by atoms with E-state index in [2.05, 4.69) is 11.8 Å². The number of nitrogens with two attached hydrogens (primary N) is 1. The minimum absolute atomic E-state index is 0.174. The van der Waals surface area contributed by atoms with Crippen molar-refractivity contribution in [2.75, 3.05) is 18.0 Å². The molecule has 1 saturated heterocycles. The van der Waals surface area contributed by atoms with Gasteiger partial charge in [-0.1, -0.05) is 48.7 Å². The fourth-order valence-electron chi connectivity index (χ4n) is 5.31. The molecule has 162 valence electrons. The van der Waals surface area contributed by atoms with Crippen molar-refractivity contribution in [3.05, 3.63) is 39.6 Å². The van der Waals surface area contributed by atoms with Crippen molar-refractivity contribution >= 4 is 29.0 Å². The highest BCUT2D eigenvalue weighted by Crippen LogP contribution is 2.49. The van der Waals surface area contributed by atoms with Gasteiger partial charge in [-0.05, 0) is 50.0 Å². The number of hydrogen-bond donors (Lipinski definition) is 2. The maximum Gasteiger partial charge on any atom is 0.153 e. The van der Waals surface area contributed by atoms with Gasteiger partial charge in [0, 0.05) is 24.7 Å². The summed E-state index contributed by atoms with van der Waals surface area (Å²) in [7, 11) is 0. The molecule has 3 N–H and O–H groups in total. The molecule has 1 aromatic carbocycles. The standard InChI is InChI=1S/C23H30Cl2N4O/c1-3-15-11-19(26)23(12-15)7-9-29(10-8-23)22-18(13-30)28-21(14(2)27-22)16-5-4-6-17(24)20(16)25/h4-6,15,19,30H,3,7-13,26H2,1-2H3/t15-,19+/m0/s1. The minimum atomic E-state index is -0.174. The van der Waals surface area contributed by atoms with Gasteiger partial charge in [0.1, 0.15) is 5.69 Å². The third-order valence-corrected chi connectivity index (χ3v) is 8.00. The lowest BCUT2D eigenvalue weighted by atomic mass is 9.74. The molecule has 0 radical (unpaired) electrons. The van der Waals surface area contributed by atoms with E-state index in [9.17, 15) is 5.11 Å². The summed E-state index contributed by atoms with van der Waals surface area (Å²) in [5.74, 6) is 1.52. The molecule has 2 heterocycles. The van der Waals surface area contributed by atoms with Crippen molar-refractivity contribution in [1.29, 1.82) is 0 Å². The van der Waals surface area contributed by atoms with Gasteiger partial charge < -0.3 is 15.7 Å². The molecule has 1 aliphatic heterocycles. The van der Waals surface area contributed by atoms with Gasteiger partial charge in [-0.25, -0.2) is 9.97 Å². The second kappa shape index (κ2) is 8.62. The summed E-state index contributed by atoms with van der Waals surface area (Å²) < 4.78 is 0. The molecule has 0 unspecified atom stereocenters. The maximum atomic E-state index is 10.0. The van der Waals surface area contributed by atoms with Crippen LogP contribution in [0.5, 0.6) is 0 Å². The van der Waals surface area contributed by atoms with Crippen LogP contribution in [0.4, 0.5) is 5.82 Å². The van der Waals surface area contributed by atoms with Gasteiger partial charge in [-0.2, -0.15) is 0 Å². The van der Waals surface area contributed by atoms with E-state index in [1.165, 1.54) is 12.8 Å². The van der Waals surface area contributed by atoms with Gasteiger partial charge in [0.25, 0.3) is 0 Å². The van der Waals surface area contributed by atoms with E-state index in [0.29, 0.717) is 27.5 Å². The van der Waals surface area contributed by atoms with Gasteiger partial charge in [0.15, 0.2) is 5.82 Å². The minimum Gasteiger partial charge on any atom is -0.390 e. The number of aliphatic hydroxyl groups excluding tert-OH is 1. The molecule has 0 bridgehead atoms. The highest BCUT2D eigenvalue weighted by Gasteiger charge is 2.46. The Balaban J connectivity index is 1.60. The maximum absolute atomic E-state index is 10.0. The lowest BCUT2D eigenvalue weighted by molar-refractivity contribution is 0.190. The molecule has 2 aromatic rings. The molecule has 5 nitrogen and oxygen atoms in total. The molecule has 2 aliphatic rings. The SMILES string of the molecule is CC[C@H]1C[C@@H](N)C2(CCN(c3nc(C)c(-c4cccc(Cl)c4Cl)nc3CO)CC2)C1. The Bertz CT molecular complexity index is 928. The third kappa shape index (κ3) is 3.81. The number of piperidine rings is 1. The number of halogens is 2. The lowest BCUT2D eigenvalue weighted by Gasteiger charge is -2.43. The molecule has 2 fully saturated rings. The fraction of sp³-hybridized carbons (Fsp3) is 0.565. The van der Waals surface area contributed by atoms with Crippen molar-refractivity contribution in [3.63, 3.8) is 0 Å². The number of nitrogens with zero attached hydrogens (tertiary/aromatic N) is 3. The number of aromatic nitrogens is 2. The van der Waals surface area contributed by atoms with E-state index in [0.717, 1.165) is 55.3 Å². The van der Waals surface area contributed by atoms with Crippen LogP contribution >= 0.6 is 23.2 Å². The smallest absolute Gasteiger partial charge is 0.153 e. The summed E-state index contributed by atoms with van der Waals surface area (Å²) in [5, 5.41) is 11.0. The van der Waals surface area contributed by atoms with Crippen molar-refractivity contribution in [1.82, 2.24) is 9.97 Å². The van der Waals surface area contributed by atoms with Crippen LogP contribution in [0.2, 0.25) is 10.0 Å². The Morgan fingerprint density at radius 1 is 1.23 bits per heavy atom. The normalized spacial score (nSPS) is 23.3. The van der Waals surface area contributed by atoms with Crippen molar-refractivity contribution in [3.8, 4) is 11.3 Å². The van der Waals surface area contributed by atoms with E-state index >= 15 is 0 Å². The zero-order chi connectivity index (χ0) is 21.5. The van der Waals surface area contributed by atoms with E-state index in [-0.39, 0.29) is 12.0 Å². The summed E-state index contributed by atoms with van der Waals surface area (Å²) in [5.41, 5.74) is 9.57. The Labute approximate surface area is 188 Å². The first-order chi connectivity index (χ1) is 14.4. The number of aryl methyl sites for hydroxylation is 1. The quantitative estimate of drug-likeness (QED) is 0.688. The first-order valence-electron chi connectivity index (χ1n) is 10.8. The fourth-order valence-corrected chi connectivity index (χ4v) is 5.70. The lowest BCUT2D eigenvalue weighted by Crippen LogP contribution is -2.47. The number of benzene rings is 1. The molecular formula is C23H30Cl2N4O. The van der Waals surface area contributed by atoms with Gasteiger partial charge in [-0.3, -0.25) is 0 Å². The molecule has 7 heteroatoms. The van der Waals surface area contributed by atoms with Gasteiger partial charge >= 0.3 is 0 Å². The molecule has 1 aliphatic carbocycles. The first-order valence-corrected chi connectivity index (χ1v) is 11.6. The van der Waals surface area contributed by atoms with Crippen LogP contribution in [-0.2, 0) is 6.61 Å². The highest BCUT2D eigenvalue weighted by atomic mass is 35.5. The molecule has 1 aromatic heterocycles. The van der Waals surface area contributed by atoms with E-state index < -0.39 is 0 Å². The monoisotopic (exact) mass is 448 g/mol. The van der Waals surface area contributed by atoms with Crippen LogP contribution in [0.3, 0.4) is 0 Å².